The highest BCUT2D eigenvalue weighted by molar-refractivity contribution is 9.10. The molecule has 8 nitrogen and oxygen atoms in total. The van der Waals surface area contributed by atoms with Crippen molar-refractivity contribution in [3.05, 3.63) is 97.2 Å². The van der Waals surface area contributed by atoms with Gasteiger partial charge in [-0.25, -0.2) is 4.39 Å². The predicted molar refractivity (Wildman–Crippen MR) is 209 cm³/mol. The normalized spacial score (nSPS) is 15.6. The van der Waals surface area contributed by atoms with Crippen molar-refractivity contribution in [2.24, 2.45) is 0 Å². The van der Waals surface area contributed by atoms with E-state index in [1.807, 2.05) is 12.1 Å². The summed E-state index contributed by atoms with van der Waals surface area (Å²) < 4.78 is 15.2. The van der Waals surface area contributed by atoms with Crippen LogP contribution < -0.4 is 16.4 Å². The van der Waals surface area contributed by atoms with Gasteiger partial charge in [-0.15, -0.1) is 0 Å². The van der Waals surface area contributed by atoms with Gasteiger partial charge in [0, 0.05) is 46.7 Å². The number of ketones is 1. The zero-order valence-corrected chi connectivity index (χ0v) is 32.8. The molecule has 2 atom stereocenters. The average Bonchev–Trinajstić information content (AvgIpc) is 3.68. The minimum atomic E-state index is -0.746. The largest absolute Gasteiger partial charge is 0.481 e. The van der Waals surface area contributed by atoms with E-state index in [4.69, 9.17) is 10.8 Å². The molecule has 11 heteroatoms. The molecule has 0 bridgehead atoms. The molecule has 0 spiro atoms. The average molecular weight is 844 g/mol. The summed E-state index contributed by atoms with van der Waals surface area (Å²) in [6, 6.07) is 16.9. The maximum atomic E-state index is 13.1. The van der Waals surface area contributed by atoms with Gasteiger partial charge in [-0.05, 0) is 116 Å². The van der Waals surface area contributed by atoms with Gasteiger partial charge in [0.1, 0.15) is 11.6 Å². The molecular formula is C41H50Br2FN3O5. The number of aliphatic carboxylic acids is 1. The van der Waals surface area contributed by atoms with Gasteiger partial charge in [0.2, 0.25) is 11.8 Å². The molecule has 280 valence electrons. The van der Waals surface area contributed by atoms with Gasteiger partial charge in [-0.2, -0.15) is 0 Å². The van der Waals surface area contributed by atoms with Crippen molar-refractivity contribution in [3.8, 4) is 0 Å². The van der Waals surface area contributed by atoms with E-state index in [2.05, 4.69) is 66.8 Å². The Morgan fingerprint density at radius 3 is 1.63 bits per heavy atom. The maximum absolute atomic E-state index is 13.1. The van der Waals surface area contributed by atoms with Crippen molar-refractivity contribution in [2.45, 2.75) is 121 Å². The molecule has 0 saturated carbocycles. The van der Waals surface area contributed by atoms with E-state index in [0.29, 0.717) is 36.9 Å². The molecule has 3 aromatic carbocycles. The Kier molecular flexibility index (Phi) is 16.8. The minimum absolute atomic E-state index is 0.0960. The lowest BCUT2D eigenvalue weighted by Gasteiger charge is -2.14. The van der Waals surface area contributed by atoms with Gasteiger partial charge < -0.3 is 21.5 Å². The molecule has 5 rings (SSSR count). The molecule has 0 radical (unpaired) electrons. The van der Waals surface area contributed by atoms with Crippen LogP contribution in [0.5, 0.6) is 0 Å². The minimum Gasteiger partial charge on any atom is -0.481 e. The summed E-state index contributed by atoms with van der Waals surface area (Å²) in [6.45, 7) is 0. The van der Waals surface area contributed by atoms with Gasteiger partial charge >= 0.3 is 5.97 Å². The van der Waals surface area contributed by atoms with Crippen LogP contribution in [0.4, 0.5) is 10.1 Å². The number of halogens is 3. The molecule has 0 aliphatic heterocycles. The Morgan fingerprint density at radius 1 is 0.673 bits per heavy atom. The van der Waals surface area contributed by atoms with Crippen LogP contribution >= 0.6 is 31.9 Å². The standard InChI is InChI=1S/C24H28BrFN2O2.C17H22BrNO3/c25-18-9-11-21-16(13-18)8-12-23(21)28-24(30)6-4-2-1-3-5-20(29)14-17-7-10-19(26)15-22(17)27;18-13-8-9-14-12(11-13)7-10-15(14)19-16(20)5-3-1-2-4-6-17(21)22/h7,9-11,13,15,23H,1-6,8,12,14,27H2,(H,28,30);8-9,11,15H,1-7,10H2,(H,19,20)(H,21,22). The Balaban J connectivity index is 0.000000244. The SMILES string of the molecule is Nc1cc(F)ccc1CC(=O)CCCCCCC(=O)NC1CCc2cc(Br)ccc21.O=C(O)CCCCCCC(=O)NC1CCc2cc(Br)ccc21. The number of unbranched alkanes of at least 4 members (excludes halogenated alkanes) is 6. The van der Waals surface area contributed by atoms with Crippen molar-refractivity contribution >= 4 is 61.1 Å². The van der Waals surface area contributed by atoms with Crippen LogP contribution in [-0.2, 0) is 38.4 Å². The molecule has 2 aliphatic rings. The number of nitrogen functional groups attached to an aromatic ring is 1. The number of hydrogen-bond donors (Lipinski definition) is 4. The summed E-state index contributed by atoms with van der Waals surface area (Å²) >= 11 is 6.97. The number of carbonyl (C=O) groups excluding carboxylic acids is 3. The number of anilines is 1. The fourth-order valence-electron chi connectivity index (χ4n) is 6.91. The van der Waals surface area contributed by atoms with Crippen LogP contribution in [0.1, 0.15) is 130 Å². The number of carbonyl (C=O) groups is 4. The quantitative estimate of drug-likeness (QED) is 0.0744. The summed E-state index contributed by atoms with van der Waals surface area (Å²) in [7, 11) is 0. The van der Waals surface area contributed by atoms with E-state index < -0.39 is 11.8 Å². The van der Waals surface area contributed by atoms with Crippen LogP contribution in [0.3, 0.4) is 0 Å². The van der Waals surface area contributed by atoms with Crippen LogP contribution in [-0.4, -0.2) is 28.7 Å². The van der Waals surface area contributed by atoms with Crippen molar-refractivity contribution in [1.82, 2.24) is 10.6 Å². The Bertz CT molecular complexity index is 1700. The van der Waals surface area contributed by atoms with Gasteiger partial charge in [-0.3, -0.25) is 19.2 Å². The van der Waals surface area contributed by atoms with Gasteiger partial charge in [0.15, 0.2) is 0 Å². The van der Waals surface area contributed by atoms with Crippen molar-refractivity contribution in [1.29, 1.82) is 0 Å². The van der Waals surface area contributed by atoms with Gasteiger partial charge in [-0.1, -0.05) is 75.7 Å². The highest BCUT2D eigenvalue weighted by Crippen LogP contribution is 2.34. The highest BCUT2D eigenvalue weighted by atomic mass is 79.9. The molecule has 0 heterocycles. The fraction of sp³-hybridized carbons (Fsp3) is 0.463. The lowest BCUT2D eigenvalue weighted by atomic mass is 10.0. The number of aryl methyl sites for hydroxylation is 2. The van der Waals surface area contributed by atoms with E-state index in [0.717, 1.165) is 79.6 Å². The summed E-state index contributed by atoms with van der Waals surface area (Å²) in [5, 5.41) is 14.8. The van der Waals surface area contributed by atoms with Crippen LogP contribution in [0, 0.1) is 5.82 Å². The molecule has 2 amide bonds. The summed E-state index contributed by atoms with van der Waals surface area (Å²) in [5.74, 6) is -0.836. The molecule has 2 unspecified atom stereocenters. The summed E-state index contributed by atoms with van der Waals surface area (Å²) in [4.78, 5) is 46.7. The van der Waals surface area contributed by atoms with Crippen molar-refractivity contribution in [2.75, 3.05) is 5.73 Å². The fourth-order valence-corrected chi connectivity index (χ4v) is 7.73. The molecule has 5 N–H and O–H groups in total. The second-order valence-electron chi connectivity index (χ2n) is 13.8. The number of nitrogens with one attached hydrogen (secondary N) is 2. The van der Waals surface area contributed by atoms with Gasteiger partial charge in [0.05, 0.1) is 12.1 Å². The lowest BCUT2D eigenvalue weighted by Crippen LogP contribution is -2.26. The summed E-state index contributed by atoms with van der Waals surface area (Å²) in [6.07, 6.45) is 12.7. The first-order valence-corrected chi connectivity index (χ1v) is 20.0. The molecule has 0 aromatic heterocycles. The van der Waals surface area contributed by atoms with E-state index in [9.17, 15) is 23.6 Å². The van der Waals surface area contributed by atoms with Crippen LogP contribution in [0.15, 0.2) is 63.5 Å². The number of carboxylic acid groups (broad SMARTS) is 1. The molecule has 0 saturated heterocycles. The first kappa shape index (κ1) is 41.2. The first-order chi connectivity index (χ1) is 25.0. The zero-order chi connectivity index (χ0) is 37.5. The van der Waals surface area contributed by atoms with E-state index in [1.165, 1.54) is 34.4 Å². The van der Waals surface area contributed by atoms with Crippen molar-refractivity contribution < 1.29 is 28.7 Å². The number of fused-ring (bicyclic) bond motifs is 2. The second-order valence-corrected chi connectivity index (χ2v) is 15.6. The number of hydrogen-bond acceptors (Lipinski definition) is 5. The number of Topliss-reactive ketones (excluding diaryl/α,β-unsaturated/α-hetero) is 1. The number of nitrogens with two attached hydrogens (primary N) is 1. The van der Waals surface area contributed by atoms with E-state index in [-0.39, 0.29) is 42.5 Å². The Labute approximate surface area is 323 Å². The highest BCUT2D eigenvalue weighted by Gasteiger charge is 2.25. The monoisotopic (exact) mass is 841 g/mol. The van der Waals surface area contributed by atoms with Crippen molar-refractivity contribution in [3.63, 3.8) is 0 Å². The third-order valence-electron chi connectivity index (χ3n) is 9.69. The molecule has 2 aliphatic carbocycles. The third-order valence-corrected chi connectivity index (χ3v) is 10.7. The number of rotatable bonds is 18. The summed E-state index contributed by atoms with van der Waals surface area (Å²) in [5.41, 5.74) is 11.8. The first-order valence-electron chi connectivity index (χ1n) is 18.4. The lowest BCUT2D eigenvalue weighted by molar-refractivity contribution is -0.137. The number of carboxylic acids is 1. The molecule has 0 fully saturated rings. The smallest absolute Gasteiger partial charge is 0.303 e. The van der Waals surface area contributed by atoms with Crippen LogP contribution in [0.2, 0.25) is 0 Å². The maximum Gasteiger partial charge on any atom is 0.303 e. The van der Waals surface area contributed by atoms with Crippen LogP contribution in [0.25, 0.3) is 0 Å². The predicted octanol–water partition coefficient (Wildman–Crippen LogP) is 9.40. The van der Waals surface area contributed by atoms with Gasteiger partial charge in [0.25, 0.3) is 0 Å². The molecule has 52 heavy (non-hydrogen) atoms. The third kappa shape index (κ3) is 13.8. The van der Waals surface area contributed by atoms with E-state index in [1.54, 1.807) is 6.07 Å². The molecular weight excluding hydrogens is 793 g/mol. The zero-order valence-electron chi connectivity index (χ0n) is 29.7. The molecule has 3 aromatic rings. The Morgan fingerprint density at radius 2 is 1.15 bits per heavy atom. The number of benzene rings is 3. The number of amides is 2. The van der Waals surface area contributed by atoms with E-state index >= 15 is 0 Å². The Hall–Kier alpha value is -3.57. The second kappa shape index (κ2) is 21.2. The topological polar surface area (TPSA) is 139 Å².